The molecule has 2 N–H and O–H groups in total. The van der Waals surface area contributed by atoms with Crippen molar-refractivity contribution in [1.82, 2.24) is 15.0 Å². The van der Waals surface area contributed by atoms with E-state index in [1.807, 2.05) is 32.0 Å². The first-order valence-electron chi connectivity index (χ1n) is 9.44. The summed E-state index contributed by atoms with van der Waals surface area (Å²) in [5.74, 6) is -0.815. The van der Waals surface area contributed by atoms with Gasteiger partial charge in [-0.25, -0.2) is 4.68 Å². The van der Waals surface area contributed by atoms with Crippen LogP contribution in [0, 0.1) is 20.8 Å². The Balaban J connectivity index is 1.69. The summed E-state index contributed by atoms with van der Waals surface area (Å²) < 4.78 is 1.36. The molecular weight excluding hydrogens is 382 g/mol. The van der Waals surface area contributed by atoms with E-state index in [9.17, 15) is 14.4 Å². The van der Waals surface area contributed by atoms with Crippen molar-refractivity contribution in [2.24, 2.45) is 0 Å². The summed E-state index contributed by atoms with van der Waals surface area (Å²) >= 11 is 0. The zero-order valence-electron chi connectivity index (χ0n) is 17.3. The lowest BCUT2D eigenvalue weighted by Crippen LogP contribution is -2.21. The van der Waals surface area contributed by atoms with E-state index in [2.05, 4.69) is 20.9 Å². The topological polar surface area (TPSA) is 106 Å². The van der Waals surface area contributed by atoms with Crippen molar-refractivity contribution in [3.63, 3.8) is 0 Å². The molecule has 154 valence electrons. The number of aromatic nitrogens is 3. The molecule has 0 fully saturated rings. The number of carbonyl (C=O) groups is 3. The van der Waals surface area contributed by atoms with Gasteiger partial charge >= 0.3 is 0 Å². The molecular formula is C22H23N5O3. The Labute approximate surface area is 174 Å². The van der Waals surface area contributed by atoms with Crippen LogP contribution in [0.5, 0.6) is 0 Å². The number of Topliss-reactive ketones (excluding diaryl/α,β-unsaturated/α-hetero) is 1. The maximum absolute atomic E-state index is 12.6. The normalized spacial score (nSPS) is 10.5. The fraction of sp³-hybridized carbons (Fsp3) is 0.227. The maximum Gasteiger partial charge on any atom is 0.278 e. The lowest BCUT2D eigenvalue weighted by molar-refractivity contribution is -0.117. The Morgan fingerprint density at radius 1 is 1.00 bits per heavy atom. The highest BCUT2D eigenvalue weighted by Gasteiger charge is 2.19. The summed E-state index contributed by atoms with van der Waals surface area (Å²) in [4.78, 5) is 36.5. The second kappa shape index (κ2) is 8.69. The zero-order chi connectivity index (χ0) is 21.8. The van der Waals surface area contributed by atoms with E-state index < -0.39 is 0 Å². The Morgan fingerprint density at radius 2 is 1.73 bits per heavy atom. The number of hydrogen-bond donors (Lipinski definition) is 2. The van der Waals surface area contributed by atoms with E-state index in [0.29, 0.717) is 22.6 Å². The zero-order valence-corrected chi connectivity index (χ0v) is 17.3. The minimum Gasteiger partial charge on any atom is -0.324 e. The van der Waals surface area contributed by atoms with Crippen molar-refractivity contribution < 1.29 is 14.4 Å². The Kier molecular flexibility index (Phi) is 6.06. The molecule has 0 radical (unpaired) electrons. The molecule has 0 saturated heterocycles. The van der Waals surface area contributed by atoms with Crippen molar-refractivity contribution >= 4 is 29.0 Å². The van der Waals surface area contributed by atoms with Crippen LogP contribution < -0.4 is 10.6 Å². The molecule has 1 heterocycles. The minimum absolute atomic E-state index is 0.0854. The van der Waals surface area contributed by atoms with E-state index in [1.54, 1.807) is 31.2 Å². The lowest BCUT2D eigenvalue weighted by Gasteiger charge is -2.10. The van der Waals surface area contributed by atoms with E-state index in [4.69, 9.17) is 0 Å². The molecule has 0 bridgehead atoms. The first-order valence-corrected chi connectivity index (χ1v) is 9.44. The number of ketones is 1. The molecule has 0 aliphatic heterocycles. The average Bonchev–Trinajstić information content (AvgIpc) is 3.06. The molecule has 2 aromatic carbocycles. The highest BCUT2D eigenvalue weighted by atomic mass is 16.2. The lowest BCUT2D eigenvalue weighted by atomic mass is 10.1. The summed E-state index contributed by atoms with van der Waals surface area (Å²) in [7, 11) is 0. The third-order valence-corrected chi connectivity index (χ3v) is 4.90. The number of rotatable bonds is 6. The highest BCUT2D eigenvalue weighted by molar-refractivity contribution is 6.04. The maximum atomic E-state index is 12.6. The van der Waals surface area contributed by atoms with Crippen LogP contribution in [0.25, 0.3) is 0 Å². The molecule has 0 aliphatic rings. The molecule has 0 spiro atoms. The van der Waals surface area contributed by atoms with Gasteiger partial charge in [-0.3, -0.25) is 14.4 Å². The van der Waals surface area contributed by atoms with Gasteiger partial charge in [-0.2, -0.15) is 0 Å². The van der Waals surface area contributed by atoms with Crippen molar-refractivity contribution in [2.75, 3.05) is 10.6 Å². The first kappa shape index (κ1) is 20.9. The van der Waals surface area contributed by atoms with Gasteiger partial charge in [0.25, 0.3) is 5.91 Å². The summed E-state index contributed by atoms with van der Waals surface area (Å²) in [6.07, 6.45) is 0. The largest absolute Gasteiger partial charge is 0.324 e. The number of amides is 2. The summed E-state index contributed by atoms with van der Waals surface area (Å²) in [6.45, 7) is 6.93. The minimum atomic E-state index is -0.387. The third kappa shape index (κ3) is 4.60. The molecule has 2 amide bonds. The number of anilines is 2. The van der Waals surface area contributed by atoms with Crippen molar-refractivity contribution in [1.29, 1.82) is 0 Å². The summed E-state index contributed by atoms with van der Waals surface area (Å²) in [5, 5.41) is 13.4. The van der Waals surface area contributed by atoms with E-state index in [-0.39, 0.29) is 29.8 Å². The van der Waals surface area contributed by atoms with Gasteiger partial charge in [0, 0.05) is 16.9 Å². The molecule has 0 atom stereocenters. The average molecular weight is 405 g/mol. The van der Waals surface area contributed by atoms with Crippen LogP contribution in [0.3, 0.4) is 0 Å². The first-order chi connectivity index (χ1) is 14.3. The van der Waals surface area contributed by atoms with Gasteiger partial charge in [0.05, 0.1) is 5.69 Å². The van der Waals surface area contributed by atoms with Gasteiger partial charge in [0.1, 0.15) is 6.54 Å². The Morgan fingerprint density at radius 3 is 2.47 bits per heavy atom. The van der Waals surface area contributed by atoms with E-state index >= 15 is 0 Å². The molecule has 0 aliphatic carbocycles. The number of benzene rings is 2. The van der Waals surface area contributed by atoms with Crippen LogP contribution in [-0.2, 0) is 11.3 Å². The fourth-order valence-electron chi connectivity index (χ4n) is 2.94. The van der Waals surface area contributed by atoms with Crippen LogP contribution >= 0.6 is 0 Å². The third-order valence-electron chi connectivity index (χ3n) is 4.90. The predicted octanol–water partition coefficient (Wildman–Crippen LogP) is 3.30. The fourth-order valence-corrected chi connectivity index (χ4v) is 2.94. The smallest absolute Gasteiger partial charge is 0.278 e. The molecule has 3 aromatic rings. The van der Waals surface area contributed by atoms with E-state index in [1.165, 1.54) is 11.6 Å². The predicted molar refractivity (Wildman–Crippen MR) is 114 cm³/mol. The van der Waals surface area contributed by atoms with Crippen LogP contribution in [0.4, 0.5) is 11.4 Å². The van der Waals surface area contributed by atoms with Crippen LogP contribution in [0.2, 0.25) is 0 Å². The van der Waals surface area contributed by atoms with E-state index in [0.717, 1.165) is 11.1 Å². The van der Waals surface area contributed by atoms with Crippen molar-refractivity contribution in [2.45, 2.75) is 34.2 Å². The number of hydrogen-bond acceptors (Lipinski definition) is 5. The molecule has 3 rings (SSSR count). The molecule has 1 aromatic heterocycles. The number of nitrogens with zero attached hydrogens (tertiary/aromatic N) is 3. The van der Waals surface area contributed by atoms with Crippen LogP contribution in [-0.4, -0.2) is 32.6 Å². The van der Waals surface area contributed by atoms with Gasteiger partial charge in [-0.1, -0.05) is 29.5 Å². The molecule has 8 nitrogen and oxygen atoms in total. The van der Waals surface area contributed by atoms with Gasteiger partial charge in [0.2, 0.25) is 5.91 Å². The van der Waals surface area contributed by atoms with Crippen molar-refractivity contribution in [3.8, 4) is 0 Å². The number of aryl methyl sites for hydroxylation is 1. The number of nitrogens with one attached hydrogen (secondary N) is 2. The van der Waals surface area contributed by atoms with Crippen LogP contribution in [0.1, 0.15) is 44.6 Å². The Hall–Kier alpha value is -3.81. The molecule has 30 heavy (non-hydrogen) atoms. The quantitative estimate of drug-likeness (QED) is 0.612. The standard InChI is InChI=1S/C22H23N5O3/c1-13-7-5-10-19(14(13)2)24-22(30)21-15(3)27(26-25-21)12-20(29)23-18-9-6-8-17(11-18)16(4)28/h5-11H,12H2,1-4H3,(H,23,29)(H,24,30). The Bertz CT molecular complexity index is 1130. The van der Waals surface area contributed by atoms with Gasteiger partial charge in [-0.15, -0.1) is 5.10 Å². The second-order valence-corrected chi connectivity index (χ2v) is 7.07. The number of carbonyl (C=O) groups excluding carboxylic acids is 3. The molecule has 8 heteroatoms. The van der Waals surface area contributed by atoms with Gasteiger partial charge < -0.3 is 10.6 Å². The summed E-state index contributed by atoms with van der Waals surface area (Å²) in [6, 6.07) is 12.3. The van der Waals surface area contributed by atoms with Gasteiger partial charge in [-0.05, 0) is 57.0 Å². The monoisotopic (exact) mass is 405 g/mol. The highest BCUT2D eigenvalue weighted by Crippen LogP contribution is 2.19. The van der Waals surface area contributed by atoms with Gasteiger partial charge in [0.15, 0.2) is 11.5 Å². The molecule has 0 unspecified atom stereocenters. The summed E-state index contributed by atoms with van der Waals surface area (Å²) in [5.41, 5.74) is 4.40. The van der Waals surface area contributed by atoms with Crippen LogP contribution in [0.15, 0.2) is 42.5 Å². The SMILES string of the molecule is CC(=O)c1cccc(NC(=O)Cn2nnc(C(=O)Nc3cccc(C)c3C)c2C)c1. The molecule has 0 saturated carbocycles. The second-order valence-electron chi connectivity index (χ2n) is 7.07. The van der Waals surface area contributed by atoms with Crippen molar-refractivity contribution in [3.05, 3.63) is 70.5 Å².